The van der Waals surface area contributed by atoms with Gasteiger partial charge in [-0.05, 0) is 49.6 Å². The normalized spacial score (nSPS) is 26.2. The van der Waals surface area contributed by atoms with E-state index in [1.807, 2.05) is 19.1 Å². The first-order valence-corrected chi connectivity index (χ1v) is 10.6. The minimum absolute atomic E-state index is 0.163. The van der Waals surface area contributed by atoms with E-state index in [2.05, 4.69) is 0 Å². The first-order valence-electron chi connectivity index (χ1n) is 8.76. The number of piperidine rings is 2. The van der Waals surface area contributed by atoms with Gasteiger partial charge in [-0.25, -0.2) is 8.42 Å². The zero-order chi connectivity index (χ0) is 18.5. The van der Waals surface area contributed by atoms with Gasteiger partial charge in [-0.1, -0.05) is 41.4 Å². The first-order chi connectivity index (χ1) is 12.4. The highest BCUT2D eigenvalue weighted by atomic mass is 35.5. The van der Waals surface area contributed by atoms with Crippen molar-refractivity contribution in [2.45, 2.75) is 43.2 Å². The van der Waals surface area contributed by atoms with Gasteiger partial charge >= 0.3 is 0 Å². The van der Waals surface area contributed by atoms with Crippen molar-refractivity contribution in [2.24, 2.45) is 5.92 Å². The van der Waals surface area contributed by atoms with Crippen LogP contribution in [-0.4, -0.2) is 24.5 Å². The number of fused-ring (bicyclic) bond motifs is 3. The van der Waals surface area contributed by atoms with Crippen molar-refractivity contribution >= 4 is 27.4 Å². The number of hydrogen-bond donors (Lipinski definition) is 0. The van der Waals surface area contributed by atoms with Crippen molar-refractivity contribution in [2.75, 3.05) is 0 Å². The molecule has 3 fully saturated rings. The molecule has 2 heterocycles. The molecule has 3 atom stereocenters. The van der Waals surface area contributed by atoms with Crippen molar-refractivity contribution < 1.29 is 13.2 Å². The molecule has 0 aromatic heterocycles. The van der Waals surface area contributed by atoms with Crippen molar-refractivity contribution in [3.05, 3.63) is 64.7 Å². The third-order valence-corrected chi connectivity index (χ3v) is 7.68. The molecule has 1 saturated carbocycles. The SMILES string of the molecule is Cc1ccc(S(=O)(=O)N2[C@H]3CC[C@H](C(=O)C3)[C@H]2c2ccc(Cl)cc2)cc1. The predicted molar refractivity (Wildman–Crippen MR) is 101 cm³/mol. The van der Waals surface area contributed by atoms with Crippen LogP contribution < -0.4 is 0 Å². The largest absolute Gasteiger partial charge is 0.299 e. The van der Waals surface area contributed by atoms with Gasteiger partial charge in [-0.15, -0.1) is 0 Å². The summed E-state index contributed by atoms with van der Waals surface area (Å²) in [6, 6.07) is 13.3. The number of sulfonamides is 1. The molecule has 0 spiro atoms. The molecule has 2 bridgehead atoms. The number of halogens is 1. The second kappa shape index (κ2) is 6.48. The summed E-state index contributed by atoms with van der Waals surface area (Å²) in [5.74, 6) is -0.127. The van der Waals surface area contributed by atoms with E-state index in [-0.39, 0.29) is 22.6 Å². The van der Waals surface area contributed by atoms with E-state index >= 15 is 0 Å². The van der Waals surface area contributed by atoms with E-state index in [9.17, 15) is 13.2 Å². The van der Waals surface area contributed by atoms with Gasteiger partial charge in [0.25, 0.3) is 0 Å². The zero-order valence-corrected chi connectivity index (χ0v) is 16.0. The standard InChI is InChI=1S/C20H20ClNO3S/c1-13-2-9-17(10-3-13)26(24,25)22-16-8-11-18(19(23)12-16)20(22)14-4-6-15(21)7-5-14/h2-7,9-10,16,18,20H,8,11-12H2,1H3/t16-,18+,20+/m0/s1. The topological polar surface area (TPSA) is 54.5 Å². The van der Waals surface area contributed by atoms with Crippen LogP contribution in [0.4, 0.5) is 0 Å². The van der Waals surface area contributed by atoms with Crippen LogP contribution in [-0.2, 0) is 14.8 Å². The lowest BCUT2D eigenvalue weighted by Gasteiger charge is -2.49. The second-order valence-electron chi connectivity index (χ2n) is 7.15. The maximum Gasteiger partial charge on any atom is 0.243 e. The molecule has 136 valence electrons. The van der Waals surface area contributed by atoms with E-state index in [1.165, 1.54) is 0 Å². The number of carbonyl (C=O) groups is 1. The number of aryl methyl sites for hydroxylation is 1. The van der Waals surface area contributed by atoms with Gasteiger partial charge in [0.1, 0.15) is 5.78 Å². The number of rotatable bonds is 3. The zero-order valence-electron chi connectivity index (χ0n) is 14.4. The van der Waals surface area contributed by atoms with Crippen LogP contribution in [0.1, 0.15) is 36.4 Å². The Morgan fingerprint density at radius 1 is 1.00 bits per heavy atom. The molecule has 3 aliphatic rings. The molecular weight excluding hydrogens is 370 g/mol. The second-order valence-corrected chi connectivity index (χ2v) is 9.43. The third-order valence-electron chi connectivity index (χ3n) is 5.48. The predicted octanol–water partition coefficient (Wildman–Crippen LogP) is 4.13. The molecule has 0 amide bonds. The van der Waals surface area contributed by atoms with Gasteiger partial charge in [0.15, 0.2) is 0 Å². The Bertz CT molecular complexity index is 938. The number of Topliss-reactive ketones (excluding diaryl/α,β-unsaturated/α-hetero) is 1. The van der Waals surface area contributed by atoms with Gasteiger partial charge in [0.2, 0.25) is 10.0 Å². The average Bonchev–Trinajstić information content (AvgIpc) is 2.62. The van der Waals surface area contributed by atoms with Gasteiger partial charge in [-0.2, -0.15) is 4.31 Å². The lowest BCUT2D eigenvalue weighted by molar-refractivity contribution is -0.133. The molecule has 0 N–H and O–H groups in total. The van der Waals surface area contributed by atoms with Crippen molar-refractivity contribution in [3.63, 3.8) is 0 Å². The summed E-state index contributed by atoms with van der Waals surface area (Å²) in [5.41, 5.74) is 1.83. The minimum atomic E-state index is -3.69. The molecule has 2 aromatic rings. The molecule has 2 aromatic carbocycles. The summed E-state index contributed by atoms with van der Waals surface area (Å²) in [6.07, 6.45) is 1.77. The highest BCUT2D eigenvalue weighted by Gasteiger charge is 2.52. The van der Waals surface area contributed by atoms with E-state index < -0.39 is 16.1 Å². The number of nitrogens with zero attached hydrogens (tertiary/aromatic N) is 1. The van der Waals surface area contributed by atoms with Gasteiger partial charge in [-0.3, -0.25) is 4.79 Å². The van der Waals surface area contributed by atoms with E-state index in [1.54, 1.807) is 40.7 Å². The maximum atomic E-state index is 13.4. The molecule has 0 unspecified atom stereocenters. The van der Waals surface area contributed by atoms with Crippen LogP contribution in [0.5, 0.6) is 0 Å². The van der Waals surface area contributed by atoms with Gasteiger partial charge in [0, 0.05) is 23.4 Å². The van der Waals surface area contributed by atoms with Crippen LogP contribution in [0.2, 0.25) is 5.02 Å². The molecule has 0 radical (unpaired) electrons. The minimum Gasteiger partial charge on any atom is -0.299 e. The van der Waals surface area contributed by atoms with Crippen LogP contribution in [0.25, 0.3) is 0 Å². The fraction of sp³-hybridized carbons (Fsp3) is 0.350. The third kappa shape index (κ3) is 2.88. The molecule has 2 aliphatic heterocycles. The van der Waals surface area contributed by atoms with E-state index in [0.29, 0.717) is 11.4 Å². The Morgan fingerprint density at radius 2 is 1.65 bits per heavy atom. The Labute approximate surface area is 158 Å². The van der Waals surface area contributed by atoms with Crippen molar-refractivity contribution in [3.8, 4) is 0 Å². The van der Waals surface area contributed by atoms with Crippen LogP contribution in [0, 0.1) is 12.8 Å². The molecule has 2 saturated heterocycles. The fourth-order valence-corrected chi connectivity index (χ4v) is 6.18. The van der Waals surface area contributed by atoms with Gasteiger partial charge < -0.3 is 0 Å². The summed E-state index contributed by atoms with van der Waals surface area (Å²) in [4.78, 5) is 12.8. The van der Waals surface area contributed by atoms with Crippen LogP contribution in [0.15, 0.2) is 53.4 Å². The quantitative estimate of drug-likeness (QED) is 0.793. The maximum absolute atomic E-state index is 13.4. The molecule has 5 rings (SSSR count). The lowest BCUT2D eigenvalue weighted by atomic mass is 9.73. The summed E-state index contributed by atoms with van der Waals surface area (Å²) < 4.78 is 28.4. The molecule has 1 aliphatic carbocycles. The summed E-state index contributed by atoms with van der Waals surface area (Å²) in [7, 11) is -3.69. The summed E-state index contributed by atoms with van der Waals surface area (Å²) in [5, 5.41) is 0.592. The van der Waals surface area contributed by atoms with Crippen LogP contribution >= 0.6 is 11.6 Å². The summed E-state index contributed by atoms with van der Waals surface area (Å²) >= 11 is 6.00. The fourth-order valence-electron chi connectivity index (χ4n) is 4.19. The van der Waals surface area contributed by atoms with E-state index in [0.717, 1.165) is 24.0 Å². The first kappa shape index (κ1) is 17.7. The number of benzene rings is 2. The Morgan fingerprint density at radius 3 is 2.27 bits per heavy atom. The molecule has 26 heavy (non-hydrogen) atoms. The Kier molecular flexibility index (Phi) is 4.41. The highest BCUT2D eigenvalue weighted by molar-refractivity contribution is 7.89. The van der Waals surface area contributed by atoms with Crippen LogP contribution in [0.3, 0.4) is 0 Å². The van der Waals surface area contributed by atoms with Crippen molar-refractivity contribution in [1.29, 1.82) is 0 Å². The molecule has 6 heteroatoms. The average molecular weight is 390 g/mol. The lowest BCUT2D eigenvalue weighted by Crippen LogP contribution is -2.56. The highest BCUT2D eigenvalue weighted by Crippen LogP contribution is 2.48. The monoisotopic (exact) mass is 389 g/mol. The Balaban J connectivity index is 1.82. The van der Waals surface area contributed by atoms with Gasteiger partial charge in [0.05, 0.1) is 10.9 Å². The number of hydrogen-bond acceptors (Lipinski definition) is 3. The number of carbonyl (C=O) groups excluding carboxylic acids is 1. The smallest absolute Gasteiger partial charge is 0.243 e. The van der Waals surface area contributed by atoms with E-state index in [4.69, 9.17) is 11.6 Å². The Hall–Kier alpha value is -1.69. The molecular formula is C20H20ClNO3S. The molecule has 4 nitrogen and oxygen atoms in total. The number of ketones is 1. The van der Waals surface area contributed by atoms with Crippen molar-refractivity contribution in [1.82, 2.24) is 4.31 Å². The summed E-state index contributed by atoms with van der Waals surface area (Å²) in [6.45, 7) is 1.93.